The topological polar surface area (TPSA) is 59.4 Å². The number of ether oxygens (including phenoxy) is 1. The third-order valence-corrected chi connectivity index (χ3v) is 2.42. The van der Waals surface area contributed by atoms with Crippen molar-refractivity contribution in [1.82, 2.24) is 4.98 Å². The van der Waals surface area contributed by atoms with Crippen molar-refractivity contribution < 1.29 is 14.6 Å². The van der Waals surface area contributed by atoms with Crippen LogP contribution in [-0.2, 0) is 11.3 Å². The largest absolute Gasteiger partial charge is 0.391 e. The molecule has 0 saturated heterocycles. The number of hydrogen-bond donors (Lipinski definition) is 1. The molecular weight excluding hydrogens is 274 g/mol. The zero-order valence-electron chi connectivity index (χ0n) is 9.02. The molecule has 88 valence electrons. The van der Waals surface area contributed by atoms with Crippen LogP contribution >= 0.6 is 15.9 Å². The van der Waals surface area contributed by atoms with Gasteiger partial charge < -0.3 is 9.84 Å². The molecule has 0 spiro atoms. The number of halogens is 1. The smallest absolute Gasteiger partial charge is 0.175 e. The number of carbonyl (C=O) groups excluding carboxylic acids is 1. The Morgan fingerprint density at radius 1 is 1.69 bits per heavy atom. The summed E-state index contributed by atoms with van der Waals surface area (Å²) in [5, 5.41) is 9.30. The second-order valence-corrected chi connectivity index (χ2v) is 3.98. The summed E-state index contributed by atoms with van der Waals surface area (Å²) in [7, 11) is 0. The highest BCUT2D eigenvalue weighted by molar-refractivity contribution is 9.09. The second-order valence-electron chi connectivity index (χ2n) is 3.42. The lowest BCUT2D eigenvalue weighted by atomic mass is 10.1. The van der Waals surface area contributed by atoms with Crippen LogP contribution in [0.25, 0.3) is 0 Å². The number of ketones is 1. The number of hydrogen-bond acceptors (Lipinski definition) is 4. The third kappa shape index (κ3) is 4.00. The minimum atomic E-state index is -0.515. The molecule has 0 aliphatic carbocycles. The van der Waals surface area contributed by atoms with Gasteiger partial charge >= 0.3 is 0 Å². The van der Waals surface area contributed by atoms with Gasteiger partial charge in [-0.3, -0.25) is 9.78 Å². The molecule has 0 amide bonds. The summed E-state index contributed by atoms with van der Waals surface area (Å²) in [4.78, 5) is 15.6. The van der Waals surface area contributed by atoms with Gasteiger partial charge in [0, 0.05) is 11.8 Å². The van der Waals surface area contributed by atoms with E-state index in [1.165, 1.54) is 0 Å². The van der Waals surface area contributed by atoms with Crippen LogP contribution in [0.5, 0.6) is 0 Å². The van der Waals surface area contributed by atoms with E-state index in [0.717, 1.165) is 0 Å². The van der Waals surface area contributed by atoms with Crippen molar-refractivity contribution in [3.63, 3.8) is 0 Å². The van der Waals surface area contributed by atoms with E-state index in [1.807, 2.05) is 0 Å². The van der Waals surface area contributed by atoms with Gasteiger partial charge in [0.1, 0.15) is 0 Å². The fraction of sp³-hybridized carbons (Fsp3) is 0.455. The van der Waals surface area contributed by atoms with Crippen molar-refractivity contribution >= 4 is 21.7 Å². The molecule has 0 aliphatic rings. The fourth-order valence-electron chi connectivity index (χ4n) is 1.21. The van der Waals surface area contributed by atoms with Gasteiger partial charge in [0.15, 0.2) is 5.78 Å². The van der Waals surface area contributed by atoms with Gasteiger partial charge in [0.2, 0.25) is 0 Å². The van der Waals surface area contributed by atoms with E-state index < -0.39 is 6.10 Å². The number of Topliss-reactive ketones (excluding diaryl/α,β-unsaturated/α-hetero) is 1. The lowest BCUT2D eigenvalue weighted by Crippen LogP contribution is -2.13. The molecule has 0 saturated carbocycles. The molecule has 1 atom stereocenters. The summed E-state index contributed by atoms with van der Waals surface area (Å²) in [5.74, 6) is -0.0243. The highest BCUT2D eigenvalue weighted by atomic mass is 79.9. The van der Waals surface area contributed by atoms with Gasteiger partial charge in [-0.25, -0.2) is 0 Å². The second kappa shape index (κ2) is 6.73. The van der Waals surface area contributed by atoms with Crippen molar-refractivity contribution in [3.05, 3.63) is 29.6 Å². The Balaban J connectivity index is 2.67. The van der Waals surface area contributed by atoms with E-state index >= 15 is 0 Å². The number of aromatic nitrogens is 1. The van der Waals surface area contributed by atoms with E-state index in [1.54, 1.807) is 25.3 Å². The number of carbonyl (C=O) groups is 1. The van der Waals surface area contributed by atoms with Crippen LogP contribution in [0.4, 0.5) is 0 Å². The lowest BCUT2D eigenvalue weighted by molar-refractivity contribution is 0.0360. The maximum atomic E-state index is 11.5. The van der Waals surface area contributed by atoms with Crippen molar-refractivity contribution in [2.75, 3.05) is 11.9 Å². The number of alkyl halides is 1. The highest BCUT2D eigenvalue weighted by Gasteiger charge is 2.10. The standard InChI is InChI=1S/C11H14BrNO3/c1-8(14)6-16-7-10-9(11(15)5-12)3-2-4-13-10/h2-4,8,14H,5-7H2,1H3/t8-/m0/s1. The zero-order chi connectivity index (χ0) is 12.0. The van der Waals surface area contributed by atoms with Gasteiger partial charge in [-0.15, -0.1) is 0 Å². The first-order valence-corrected chi connectivity index (χ1v) is 6.06. The number of rotatable bonds is 6. The average molecular weight is 288 g/mol. The predicted octanol–water partition coefficient (Wildman–Crippen LogP) is 1.56. The summed E-state index contributed by atoms with van der Waals surface area (Å²) in [6, 6.07) is 3.44. The van der Waals surface area contributed by atoms with Crippen molar-refractivity contribution in [1.29, 1.82) is 0 Å². The van der Waals surface area contributed by atoms with Gasteiger partial charge in [0.05, 0.1) is 30.3 Å². The zero-order valence-corrected chi connectivity index (χ0v) is 10.6. The Labute approximate surface area is 103 Å². The summed E-state index contributed by atoms with van der Waals surface area (Å²) < 4.78 is 5.24. The summed E-state index contributed by atoms with van der Waals surface area (Å²) >= 11 is 3.12. The van der Waals surface area contributed by atoms with Crippen LogP contribution in [0.2, 0.25) is 0 Å². The Hall–Kier alpha value is -0.780. The molecule has 1 N–H and O–H groups in total. The molecule has 16 heavy (non-hydrogen) atoms. The molecule has 0 bridgehead atoms. The van der Waals surface area contributed by atoms with Gasteiger partial charge in [-0.1, -0.05) is 15.9 Å². The predicted molar refractivity (Wildman–Crippen MR) is 63.7 cm³/mol. The number of aliphatic hydroxyl groups is 1. The molecule has 0 fully saturated rings. The molecule has 0 radical (unpaired) electrons. The number of nitrogens with zero attached hydrogens (tertiary/aromatic N) is 1. The van der Waals surface area contributed by atoms with Gasteiger partial charge in [-0.2, -0.15) is 0 Å². The van der Waals surface area contributed by atoms with E-state index in [4.69, 9.17) is 9.84 Å². The molecule has 5 heteroatoms. The van der Waals surface area contributed by atoms with Crippen LogP contribution in [0.3, 0.4) is 0 Å². The number of pyridine rings is 1. The molecular formula is C11H14BrNO3. The van der Waals surface area contributed by atoms with Crippen LogP contribution in [-0.4, -0.2) is 33.9 Å². The van der Waals surface area contributed by atoms with E-state index in [-0.39, 0.29) is 24.3 Å². The van der Waals surface area contributed by atoms with Crippen LogP contribution in [0.15, 0.2) is 18.3 Å². The van der Waals surface area contributed by atoms with E-state index in [9.17, 15) is 4.79 Å². The minimum Gasteiger partial charge on any atom is -0.391 e. The van der Waals surface area contributed by atoms with E-state index in [0.29, 0.717) is 11.3 Å². The molecule has 1 rings (SSSR count). The van der Waals surface area contributed by atoms with Gasteiger partial charge in [0.25, 0.3) is 0 Å². The van der Waals surface area contributed by atoms with Crippen molar-refractivity contribution in [2.45, 2.75) is 19.6 Å². The summed E-state index contributed by atoms with van der Waals surface area (Å²) in [6.45, 7) is 2.11. The summed E-state index contributed by atoms with van der Waals surface area (Å²) in [6.07, 6.45) is 1.10. The van der Waals surface area contributed by atoms with E-state index in [2.05, 4.69) is 20.9 Å². The Kier molecular flexibility index (Phi) is 5.59. The van der Waals surface area contributed by atoms with Gasteiger partial charge in [-0.05, 0) is 19.1 Å². The molecule has 1 heterocycles. The van der Waals surface area contributed by atoms with Crippen molar-refractivity contribution in [2.24, 2.45) is 0 Å². The SMILES string of the molecule is C[C@H](O)COCc1ncccc1C(=O)CBr. The first-order valence-electron chi connectivity index (χ1n) is 4.94. The minimum absolute atomic E-state index is 0.0243. The molecule has 1 aromatic heterocycles. The Morgan fingerprint density at radius 3 is 3.06 bits per heavy atom. The van der Waals surface area contributed by atoms with Crippen LogP contribution in [0, 0.1) is 0 Å². The summed E-state index contributed by atoms with van der Waals surface area (Å²) in [5.41, 5.74) is 1.16. The molecule has 0 aromatic carbocycles. The third-order valence-electron chi connectivity index (χ3n) is 1.91. The molecule has 0 unspecified atom stereocenters. The normalized spacial score (nSPS) is 12.4. The lowest BCUT2D eigenvalue weighted by Gasteiger charge is -2.08. The Morgan fingerprint density at radius 2 is 2.44 bits per heavy atom. The first kappa shape index (κ1) is 13.3. The monoisotopic (exact) mass is 287 g/mol. The Bertz CT molecular complexity index is 355. The molecule has 4 nitrogen and oxygen atoms in total. The molecule has 0 aliphatic heterocycles. The highest BCUT2D eigenvalue weighted by Crippen LogP contribution is 2.09. The maximum absolute atomic E-state index is 11.5. The van der Waals surface area contributed by atoms with Crippen LogP contribution < -0.4 is 0 Å². The quantitative estimate of drug-likeness (QED) is 0.637. The first-order chi connectivity index (χ1) is 7.65. The maximum Gasteiger partial charge on any atom is 0.175 e. The number of aliphatic hydroxyl groups excluding tert-OH is 1. The van der Waals surface area contributed by atoms with Crippen LogP contribution in [0.1, 0.15) is 23.0 Å². The molecule has 1 aromatic rings. The average Bonchev–Trinajstić information content (AvgIpc) is 2.28. The fourth-order valence-corrected chi connectivity index (χ4v) is 1.51. The van der Waals surface area contributed by atoms with Crippen molar-refractivity contribution in [3.8, 4) is 0 Å².